The number of carbonyl (C=O) groups is 2. The second kappa shape index (κ2) is 8.26. The minimum atomic E-state index is -0.395. The van der Waals surface area contributed by atoms with Gasteiger partial charge in [-0.3, -0.25) is 14.3 Å². The number of pyridine rings is 1. The van der Waals surface area contributed by atoms with E-state index in [-0.39, 0.29) is 29.2 Å². The highest BCUT2D eigenvalue weighted by Crippen LogP contribution is 2.34. The number of aromatic nitrogens is 3. The van der Waals surface area contributed by atoms with Crippen LogP contribution in [0.4, 0.5) is 5.69 Å². The Labute approximate surface area is 185 Å². The summed E-state index contributed by atoms with van der Waals surface area (Å²) in [6, 6.07) is 7.39. The fourth-order valence-electron chi connectivity index (χ4n) is 4.54. The van der Waals surface area contributed by atoms with Crippen molar-refractivity contribution >= 4 is 28.8 Å². The maximum Gasteiger partial charge on any atom is 0.274 e. The summed E-state index contributed by atoms with van der Waals surface area (Å²) in [5.74, 6) is 0.158. The third-order valence-corrected chi connectivity index (χ3v) is 6.56. The zero-order valence-corrected chi connectivity index (χ0v) is 18.0. The predicted molar refractivity (Wildman–Crippen MR) is 120 cm³/mol. The van der Waals surface area contributed by atoms with Crippen molar-refractivity contribution < 1.29 is 14.3 Å². The molecular weight excluding hydrogens is 408 g/mol. The normalized spacial score (nSPS) is 20.8. The highest BCUT2D eigenvalue weighted by atomic mass is 16.5. The molecule has 0 unspecified atom stereocenters. The van der Waals surface area contributed by atoms with Gasteiger partial charge in [0.1, 0.15) is 17.7 Å². The molecule has 2 saturated carbocycles. The van der Waals surface area contributed by atoms with Gasteiger partial charge in [0, 0.05) is 35.8 Å². The number of anilines is 1. The number of benzene rings is 1. The number of ether oxygens (including phenoxy) is 1. The molecule has 5 rings (SSSR count). The Bertz CT molecular complexity index is 1230. The topological polar surface area (TPSA) is 95.2 Å². The highest BCUT2D eigenvalue weighted by molar-refractivity contribution is 6.08. The van der Waals surface area contributed by atoms with E-state index in [9.17, 15) is 14.4 Å². The van der Waals surface area contributed by atoms with E-state index in [1.807, 2.05) is 10.9 Å². The maximum atomic E-state index is 13.1. The predicted octanol–water partition coefficient (Wildman–Crippen LogP) is 3.72. The first kappa shape index (κ1) is 20.5. The third-order valence-electron chi connectivity index (χ3n) is 6.56. The largest absolute Gasteiger partial charge is 0.496 e. The van der Waals surface area contributed by atoms with E-state index < -0.39 is 5.91 Å². The molecular formula is C24H26N4O4. The molecule has 0 saturated heterocycles. The number of nitrogens with zero attached hydrogens (tertiary/aromatic N) is 3. The molecule has 1 aromatic carbocycles. The Morgan fingerprint density at radius 3 is 2.59 bits per heavy atom. The lowest BCUT2D eigenvalue weighted by Crippen LogP contribution is -2.25. The lowest BCUT2D eigenvalue weighted by molar-refractivity contribution is -0.112. The molecule has 1 N–H and O–H groups in total. The first-order valence-corrected chi connectivity index (χ1v) is 11.1. The number of rotatable bonds is 6. The van der Waals surface area contributed by atoms with Crippen molar-refractivity contribution in [2.24, 2.45) is 5.92 Å². The number of nitrogens with one attached hydrogen (secondary N) is 1. The minimum Gasteiger partial charge on any atom is -0.496 e. The van der Waals surface area contributed by atoms with Crippen LogP contribution in [0.1, 0.15) is 61.0 Å². The van der Waals surface area contributed by atoms with E-state index in [1.165, 1.54) is 7.11 Å². The van der Waals surface area contributed by atoms with Crippen LogP contribution in [0.5, 0.6) is 5.75 Å². The summed E-state index contributed by atoms with van der Waals surface area (Å²) in [6.45, 7) is 0. The molecule has 8 nitrogen and oxygen atoms in total. The molecule has 0 aliphatic heterocycles. The summed E-state index contributed by atoms with van der Waals surface area (Å²) in [7, 11) is 1.51. The lowest BCUT2D eigenvalue weighted by atomic mass is 9.87. The molecule has 0 bridgehead atoms. The van der Waals surface area contributed by atoms with Crippen molar-refractivity contribution in [1.82, 2.24) is 14.3 Å². The molecule has 1 amide bonds. The van der Waals surface area contributed by atoms with Crippen LogP contribution in [-0.4, -0.2) is 33.7 Å². The molecule has 2 fully saturated rings. The van der Waals surface area contributed by atoms with Gasteiger partial charge in [-0.15, -0.1) is 0 Å². The van der Waals surface area contributed by atoms with E-state index in [0.29, 0.717) is 11.3 Å². The van der Waals surface area contributed by atoms with E-state index >= 15 is 0 Å². The standard InChI is InChI=1S/C24H26N4O4/c1-32-22-12-21-16(13-28(26-21)18-6-4-15(14-29)5-7-18)11-19(22)23(30)25-20-3-2-10-27(24(20)31)17-8-9-17/h2-3,10-15,17-18H,4-9H2,1H3,(H,25,30). The van der Waals surface area contributed by atoms with Gasteiger partial charge in [0.25, 0.3) is 11.5 Å². The van der Waals surface area contributed by atoms with Crippen LogP contribution in [-0.2, 0) is 4.79 Å². The Kier molecular flexibility index (Phi) is 5.28. The fourth-order valence-corrected chi connectivity index (χ4v) is 4.54. The zero-order valence-electron chi connectivity index (χ0n) is 18.0. The van der Waals surface area contributed by atoms with Gasteiger partial charge in [0.05, 0.1) is 24.2 Å². The molecule has 2 heterocycles. The van der Waals surface area contributed by atoms with Gasteiger partial charge in [-0.25, -0.2) is 0 Å². The van der Waals surface area contributed by atoms with Gasteiger partial charge in [0.2, 0.25) is 0 Å². The molecule has 2 aliphatic carbocycles. The number of hydrogen-bond acceptors (Lipinski definition) is 5. The summed E-state index contributed by atoms with van der Waals surface area (Å²) in [6.07, 6.45) is 10.3. The molecule has 0 spiro atoms. The lowest BCUT2D eigenvalue weighted by Gasteiger charge is -2.25. The van der Waals surface area contributed by atoms with Crippen molar-refractivity contribution in [3.8, 4) is 5.75 Å². The number of fused-ring (bicyclic) bond motifs is 1. The first-order valence-electron chi connectivity index (χ1n) is 11.1. The summed E-state index contributed by atoms with van der Waals surface area (Å²) < 4.78 is 9.09. The second-order valence-corrected chi connectivity index (χ2v) is 8.74. The van der Waals surface area contributed by atoms with Gasteiger partial charge >= 0.3 is 0 Å². The van der Waals surface area contributed by atoms with E-state index in [2.05, 4.69) is 5.32 Å². The fraction of sp³-hybridized carbons (Fsp3) is 0.417. The highest BCUT2D eigenvalue weighted by Gasteiger charge is 2.26. The third kappa shape index (κ3) is 3.81. The number of hydrogen-bond donors (Lipinski definition) is 1. The van der Waals surface area contributed by atoms with Crippen LogP contribution in [0, 0.1) is 5.92 Å². The van der Waals surface area contributed by atoms with Crippen LogP contribution in [0.15, 0.2) is 41.5 Å². The molecule has 2 aliphatic rings. The molecule has 0 atom stereocenters. The van der Waals surface area contributed by atoms with Crippen LogP contribution >= 0.6 is 0 Å². The van der Waals surface area contributed by atoms with Crippen LogP contribution < -0.4 is 15.6 Å². The SMILES string of the molecule is COc1cc2nn(C3CCC(C=O)CC3)cc2cc1C(=O)Nc1cccn(C2CC2)c1=O. The minimum absolute atomic E-state index is 0.147. The summed E-state index contributed by atoms with van der Waals surface area (Å²) >= 11 is 0. The van der Waals surface area contributed by atoms with E-state index in [0.717, 1.165) is 55.7 Å². The van der Waals surface area contributed by atoms with Crippen molar-refractivity contribution in [3.05, 3.63) is 52.6 Å². The van der Waals surface area contributed by atoms with Gasteiger partial charge < -0.3 is 19.4 Å². The maximum absolute atomic E-state index is 13.1. The molecule has 32 heavy (non-hydrogen) atoms. The number of aldehydes is 1. The van der Waals surface area contributed by atoms with Gasteiger partial charge in [0.15, 0.2) is 0 Å². The van der Waals surface area contributed by atoms with E-state index in [4.69, 9.17) is 9.84 Å². The molecule has 0 radical (unpaired) electrons. The Balaban J connectivity index is 1.42. The van der Waals surface area contributed by atoms with Crippen LogP contribution in [0.3, 0.4) is 0 Å². The summed E-state index contributed by atoms with van der Waals surface area (Å²) in [5.41, 5.74) is 1.16. The van der Waals surface area contributed by atoms with Crippen molar-refractivity contribution in [1.29, 1.82) is 0 Å². The van der Waals surface area contributed by atoms with Gasteiger partial charge in [-0.2, -0.15) is 5.10 Å². The number of amides is 1. The van der Waals surface area contributed by atoms with Crippen LogP contribution in [0.2, 0.25) is 0 Å². The number of carbonyl (C=O) groups excluding carboxylic acids is 2. The van der Waals surface area contributed by atoms with E-state index in [1.54, 1.807) is 35.0 Å². The second-order valence-electron chi connectivity index (χ2n) is 8.74. The first-order chi connectivity index (χ1) is 15.6. The smallest absolute Gasteiger partial charge is 0.274 e. The average Bonchev–Trinajstić information content (AvgIpc) is 3.57. The molecule has 8 heteroatoms. The summed E-state index contributed by atoms with van der Waals surface area (Å²) in [5, 5.41) is 8.28. The van der Waals surface area contributed by atoms with Gasteiger partial charge in [-0.05, 0) is 56.7 Å². The average molecular weight is 434 g/mol. The summed E-state index contributed by atoms with van der Waals surface area (Å²) in [4.78, 5) is 36.8. The Hall–Kier alpha value is -3.42. The van der Waals surface area contributed by atoms with Crippen molar-refractivity contribution in [2.45, 2.75) is 50.6 Å². The molecule has 2 aromatic heterocycles. The van der Waals surface area contributed by atoms with Crippen LogP contribution in [0.25, 0.3) is 10.9 Å². The van der Waals surface area contributed by atoms with Crippen molar-refractivity contribution in [2.75, 3.05) is 12.4 Å². The molecule has 166 valence electrons. The monoisotopic (exact) mass is 434 g/mol. The van der Waals surface area contributed by atoms with Gasteiger partial charge in [-0.1, -0.05) is 0 Å². The van der Waals surface area contributed by atoms with Crippen molar-refractivity contribution in [3.63, 3.8) is 0 Å². The number of methoxy groups -OCH3 is 1. The molecule has 3 aromatic rings. The Morgan fingerprint density at radius 1 is 1.16 bits per heavy atom. The Morgan fingerprint density at radius 2 is 1.91 bits per heavy atom. The zero-order chi connectivity index (χ0) is 22.2. The quantitative estimate of drug-likeness (QED) is 0.597.